The van der Waals surface area contributed by atoms with Crippen LogP contribution in [-0.4, -0.2) is 56.9 Å². The zero-order chi connectivity index (χ0) is 24.8. The lowest BCUT2D eigenvalue weighted by Gasteiger charge is -2.32. The van der Waals surface area contributed by atoms with Crippen LogP contribution in [0.4, 0.5) is 0 Å². The Hall–Kier alpha value is -4.07. The SMILES string of the molecule is CCc1ccc(-c2ccc(=O)n(CCC(=O)N3CC(=O)N(CCc4ccccc4)C(=O)C3)n2)cc1. The number of aromatic nitrogens is 2. The van der Waals surface area contributed by atoms with Gasteiger partial charge in [0.05, 0.1) is 12.2 Å². The molecule has 0 N–H and O–H groups in total. The molecule has 2 heterocycles. The number of hydrogen-bond acceptors (Lipinski definition) is 5. The van der Waals surface area contributed by atoms with E-state index in [4.69, 9.17) is 0 Å². The molecule has 3 aromatic rings. The number of benzene rings is 2. The van der Waals surface area contributed by atoms with Crippen molar-refractivity contribution in [3.63, 3.8) is 0 Å². The molecule has 0 unspecified atom stereocenters. The first-order valence-corrected chi connectivity index (χ1v) is 11.8. The number of rotatable bonds is 8. The van der Waals surface area contributed by atoms with Crippen molar-refractivity contribution in [3.05, 3.63) is 88.2 Å². The van der Waals surface area contributed by atoms with E-state index < -0.39 is 11.8 Å². The first kappa shape index (κ1) is 24.1. The fourth-order valence-electron chi connectivity index (χ4n) is 4.04. The van der Waals surface area contributed by atoms with Crippen LogP contribution in [0.1, 0.15) is 24.5 Å². The van der Waals surface area contributed by atoms with Gasteiger partial charge in [-0.25, -0.2) is 4.68 Å². The number of hydrogen-bond donors (Lipinski definition) is 0. The Bertz CT molecular complexity index is 1250. The minimum atomic E-state index is -0.390. The molecular formula is C27H28N4O4. The number of carbonyl (C=O) groups is 3. The molecule has 4 rings (SSSR count). The van der Waals surface area contributed by atoms with Gasteiger partial charge in [-0.3, -0.25) is 24.1 Å². The van der Waals surface area contributed by atoms with Crippen molar-refractivity contribution in [2.45, 2.75) is 32.7 Å². The maximum absolute atomic E-state index is 12.7. The summed E-state index contributed by atoms with van der Waals surface area (Å²) in [6.07, 6.45) is 1.47. The molecule has 1 aromatic heterocycles. The van der Waals surface area contributed by atoms with Crippen molar-refractivity contribution in [2.75, 3.05) is 19.6 Å². The van der Waals surface area contributed by atoms with Crippen molar-refractivity contribution in [1.29, 1.82) is 0 Å². The maximum atomic E-state index is 12.7. The van der Waals surface area contributed by atoms with Crippen LogP contribution in [0.3, 0.4) is 0 Å². The summed E-state index contributed by atoms with van der Waals surface area (Å²) < 4.78 is 1.25. The predicted octanol–water partition coefficient (Wildman–Crippen LogP) is 2.30. The number of aryl methyl sites for hydroxylation is 2. The van der Waals surface area contributed by atoms with E-state index in [-0.39, 0.29) is 44.1 Å². The zero-order valence-electron chi connectivity index (χ0n) is 19.7. The van der Waals surface area contributed by atoms with Crippen molar-refractivity contribution in [2.24, 2.45) is 0 Å². The first-order chi connectivity index (χ1) is 16.9. The molecule has 8 nitrogen and oxygen atoms in total. The molecule has 1 fully saturated rings. The smallest absolute Gasteiger partial charge is 0.266 e. The molecule has 8 heteroatoms. The second-order valence-electron chi connectivity index (χ2n) is 8.50. The van der Waals surface area contributed by atoms with Crippen LogP contribution >= 0.6 is 0 Å². The van der Waals surface area contributed by atoms with E-state index in [0.717, 1.165) is 17.5 Å². The molecule has 0 radical (unpaired) electrons. The Morgan fingerprint density at radius 1 is 0.829 bits per heavy atom. The van der Waals surface area contributed by atoms with Crippen LogP contribution in [0.5, 0.6) is 0 Å². The highest BCUT2D eigenvalue weighted by atomic mass is 16.2. The monoisotopic (exact) mass is 472 g/mol. The minimum absolute atomic E-state index is 0.0320. The van der Waals surface area contributed by atoms with Gasteiger partial charge in [-0.2, -0.15) is 5.10 Å². The Morgan fingerprint density at radius 3 is 2.17 bits per heavy atom. The van der Waals surface area contributed by atoms with Crippen molar-refractivity contribution >= 4 is 17.7 Å². The maximum Gasteiger partial charge on any atom is 0.266 e. The molecule has 1 aliphatic rings. The van der Waals surface area contributed by atoms with Gasteiger partial charge in [0.25, 0.3) is 5.56 Å². The van der Waals surface area contributed by atoms with Crippen molar-refractivity contribution < 1.29 is 14.4 Å². The standard InChI is InChI=1S/C27H28N4O4/c1-2-20-8-10-22(11-9-20)23-12-13-25(33)31(28-23)17-15-24(32)29-18-26(34)30(27(35)19-29)16-14-21-6-4-3-5-7-21/h3-13H,2,14-19H2,1H3. The number of amides is 3. The normalized spacial score (nSPS) is 13.9. The molecule has 0 spiro atoms. The van der Waals surface area contributed by atoms with Crippen molar-refractivity contribution in [1.82, 2.24) is 19.6 Å². The van der Waals surface area contributed by atoms with Gasteiger partial charge < -0.3 is 4.90 Å². The van der Waals surface area contributed by atoms with Crippen LogP contribution in [0.2, 0.25) is 0 Å². The summed E-state index contributed by atoms with van der Waals surface area (Å²) in [6.45, 7) is 2.14. The van der Waals surface area contributed by atoms with Crippen LogP contribution in [-0.2, 0) is 33.8 Å². The largest absolute Gasteiger partial charge is 0.324 e. The molecule has 0 saturated carbocycles. The number of nitrogens with zero attached hydrogens (tertiary/aromatic N) is 4. The van der Waals surface area contributed by atoms with E-state index >= 15 is 0 Å². The molecule has 0 atom stereocenters. The highest BCUT2D eigenvalue weighted by molar-refractivity contribution is 6.02. The van der Waals surface area contributed by atoms with Gasteiger partial charge in [-0.15, -0.1) is 0 Å². The first-order valence-electron chi connectivity index (χ1n) is 11.8. The van der Waals surface area contributed by atoms with Gasteiger partial charge in [0.15, 0.2) is 0 Å². The summed E-state index contributed by atoms with van der Waals surface area (Å²) in [5.74, 6) is -1.14. The van der Waals surface area contributed by atoms with E-state index in [0.29, 0.717) is 12.1 Å². The molecule has 3 amide bonds. The van der Waals surface area contributed by atoms with Gasteiger partial charge in [-0.1, -0.05) is 61.5 Å². The fourth-order valence-corrected chi connectivity index (χ4v) is 4.04. The molecule has 35 heavy (non-hydrogen) atoms. The third-order valence-corrected chi connectivity index (χ3v) is 6.14. The van der Waals surface area contributed by atoms with Crippen LogP contribution in [0.25, 0.3) is 11.3 Å². The minimum Gasteiger partial charge on any atom is -0.324 e. The average molecular weight is 473 g/mol. The molecule has 1 aliphatic heterocycles. The summed E-state index contributed by atoms with van der Waals surface area (Å²) in [5, 5.41) is 4.40. The summed E-state index contributed by atoms with van der Waals surface area (Å²) in [7, 11) is 0. The zero-order valence-corrected chi connectivity index (χ0v) is 19.7. The van der Waals surface area contributed by atoms with E-state index in [9.17, 15) is 19.2 Å². The molecule has 2 aromatic carbocycles. The lowest BCUT2D eigenvalue weighted by Crippen LogP contribution is -2.56. The van der Waals surface area contributed by atoms with Gasteiger partial charge in [0.2, 0.25) is 17.7 Å². The quantitative estimate of drug-likeness (QED) is 0.469. The molecule has 180 valence electrons. The molecule has 0 aliphatic carbocycles. The Morgan fingerprint density at radius 2 is 1.51 bits per heavy atom. The highest BCUT2D eigenvalue weighted by Gasteiger charge is 2.32. The number of piperazine rings is 1. The Labute approximate surface area is 203 Å². The van der Waals surface area contributed by atoms with E-state index in [1.165, 1.54) is 26.1 Å². The lowest BCUT2D eigenvalue weighted by molar-refractivity contribution is -0.156. The van der Waals surface area contributed by atoms with E-state index in [1.807, 2.05) is 54.6 Å². The molecule has 0 bridgehead atoms. The summed E-state index contributed by atoms with van der Waals surface area (Å²) in [4.78, 5) is 52.6. The van der Waals surface area contributed by atoms with Gasteiger partial charge in [-0.05, 0) is 30.0 Å². The second kappa shape index (κ2) is 10.9. The van der Waals surface area contributed by atoms with Crippen molar-refractivity contribution in [3.8, 4) is 11.3 Å². The third-order valence-electron chi connectivity index (χ3n) is 6.14. The van der Waals surface area contributed by atoms with Crippen LogP contribution < -0.4 is 5.56 Å². The van der Waals surface area contributed by atoms with E-state index in [1.54, 1.807) is 6.07 Å². The molecular weight excluding hydrogens is 444 g/mol. The highest BCUT2D eigenvalue weighted by Crippen LogP contribution is 2.17. The van der Waals surface area contributed by atoms with E-state index in [2.05, 4.69) is 12.0 Å². The third kappa shape index (κ3) is 5.90. The van der Waals surface area contributed by atoms with Gasteiger partial charge in [0, 0.05) is 24.6 Å². The molecule has 1 saturated heterocycles. The Kier molecular flexibility index (Phi) is 7.50. The fraction of sp³-hybridized carbons (Fsp3) is 0.296. The second-order valence-corrected chi connectivity index (χ2v) is 8.50. The van der Waals surface area contributed by atoms with Gasteiger partial charge >= 0.3 is 0 Å². The number of imide groups is 1. The predicted molar refractivity (Wildman–Crippen MR) is 131 cm³/mol. The summed E-state index contributed by atoms with van der Waals surface area (Å²) in [5.41, 5.74) is 3.44. The Balaban J connectivity index is 1.35. The van der Waals surface area contributed by atoms with Gasteiger partial charge in [0.1, 0.15) is 13.1 Å². The lowest BCUT2D eigenvalue weighted by atomic mass is 10.1. The summed E-state index contributed by atoms with van der Waals surface area (Å²) >= 11 is 0. The van der Waals surface area contributed by atoms with Crippen LogP contribution in [0, 0.1) is 0 Å². The average Bonchev–Trinajstić information content (AvgIpc) is 2.88. The number of carbonyl (C=O) groups excluding carboxylic acids is 3. The summed E-state index contributed by atoms with van der Waals surface area (Å²) in [6, 6.07) is 20.7. The van der Waals surface area contributed by atoms with Crippen LogP contribution in [0.15, 0.2) is 71.5 Å². The topological polar surface area (TPSA) is 92.6 Å².